The van der Waals surface area contributed by atoms with E-state index < -0.39 is 0 Å². The first-order valence-corrected chi connectivity index (χ1v) is 11.6. The first-order valence-electron chi connectivity index (χ1n) is 10.8. The highest BCUT2D eigenvalue weighted by Crippen LogP contribution is 2.41. The zero-order valence-corrected chi connectivity index (χ0v) is 18.6. The Morgan fingerprint density at radius 2 is 1.74 bits per heavy atom. The summed E-state index contributed by atoms with van der Waals surface area (Å²) in [7, 11) is 0. The first-order chi connectivity index (χ1) is 15.2. The van der Waals surface area contributed by atoms with Gasteiger partial charge in [0, 0.05) is 40.9 Å². The second-order valence-corrected chi connectivity index (χ2v) is 9.39. The molecule has 2 aliphatic rings. The second-order valence-electron chi connectivity index (χ2n) is 8.59. The van der Waals surface area contributed by atoms with Gasteiger partial charge in [-0.2, -0.15) is 9.61 Å². The summed E-state index contributed by atoms with van der Waals surface area (Å²) < 4.78 is 2.60. The number of hydrogen-bond acceptors (Lipinski definition) is 5. The molecule has 2 atom stereocenters. The number of aromatic nitrogens is 4. The van der Waals surface area contributed by atoms with Crippen LogP contribution in [0.2, 0.25) is 0 Å². The van der Waals surface area contributed by atoms with E-state index in [9.17, 15) is 0 Å². The average Bonchev–Trinajstić information content (AvgIpc) is 3.39. The summed E-state index contributed by atoms with van der Waals surface area (Å²) in [5.41, 5.74) is 12.3. The van der Waals surface area contributed by atoms with Crippen LogP contribution in [0.15, 0.2) is 59.3 Å². The van der Waals surface area contributed by atoms with Crippen molar-refractivity contribution < 1.29 is 0 Å². The van der Waals surface area contributed by atoms with Gasteiger partial charge in [-0.3, -0.25) is 4.98 Å². The van der Waals surface area contributed by atoms with Gasteiger partial charge >= 0.3 is 0 Å². The van der Waals surface area contributed by atoms with Crippen molar-refractivity contribution in [2.24, 2.45) is 0 Å². The van der Waals surface area contributed by atoms with Crippen molar-refractivity contribution in [3.63, 3.8) is 0 Å². The molecular weight excluding hydrogens is 452 g/mol. The lowest BCUT2D eigenvalue weighted by atomic mass is 9.89. The van der Waals surface area contributed by atoms with E-state index >= 15 is 0 Å². The lowest BCUT2D eigenvalue weighted by Gasteiger charge is -2.29. The monoisotopic (exact) mass is 474 g/mol. The summed E-state index contributed by atoms with van der Waals surface area (Å²) in [6, 6.07) is 15.5. The number of nitrogens with zero attached hydrogens (tertiary/aromatic N) is 4. The Morgan fingerprint density at radius 3 is 2.45 bits per heavy atom. The Kier molecular flexibility index (Phi) is 4.54. The maximum absolute atomic E-state index is 6.48. The van der Waals surface area contributed by atoms with E-state index in [-0.39, 0.29) is 0 Å². The van der Waals surface area contributed by atoms with Gasteiger partial charge in [0.1, 0.15) is 5.82 Å². The fraction of sp³-hybridized carbons (Fsp3) is 0.292. The minimum atomic E-state index is 0.404. The number of nitrogens with two attached hydrogens (primary N) is 1. The number of piperidine rings is 1. The molecular formula is C24H23BrN6. The summed E-state index contributed by atoms with van der Waals surface area (Å²) in [5.74, 6) is 1.01. The van der Waals surface area contributed by atoms with Crippen LogP contribution >= 0.6 is 15.9 Å². The lowest BCUT2D eigenvalue weighted by Crippen LogP contribution is -2.37. The molecule has 1 aromatic carbocycles. The number of pyridine rings is 1. The molecule has 2 unspecified atom stereocenters. The van der Waals surface area contributed by atoms with E-state index in [0.29, 0.717) is 23.8 Å². The van der Waals surface area contributed by atoms with Gasteiger partial charge in [0.15, 0.2) is 5.65 Å². The Bertz CT molecular complexity index is 1240. The third kappa shape index (κ3) is 3.23. The number of fused-ring (bicyclic) bond motifs is 3. The molecule has 0 aliphatic carbocycles. The molecule has 6 nitrogen and oxygen atoms in total. The summed E-state index contributed by atoms with van der Waals surface area (Å²) in [5, 5.41) is 8.24. The van der Waals surface area contributed by atoms with Crippen molar-refractivity contribution in [3.05, 3.63) is 65.0 Å². The topological polar surface area (TPSA) is 81.1 Å². The normalized spacial score (nSPS) is 22.8. The molecule has 0 amide bonds. The van der Waals surface area contributed by atoms with Crippen LogP contribution in [0, 0.1) is 0 Å². The zero-order chi connectivity index (χ0) is 20.9. The van der Waals surface area contributed by atoms with Gasteiger partial charge in [-0.15, -0.1) is 0 Å². The highest BCUT2D eigenvalue weighted by molar-refractivity contribution is 9.10. The Balaban J connectivity index is 1.41. The minimum absolute atomic E-state index is 0.404. The number of hydrogen-bond donors (Lipinski definition) is 2. The van der Waals surface area contributed by atoms with E-state index in [0.717, 1.165) is 51.0 Å². The molecule has 7 heteroatoms. The van der Waals surface area contributed by atoms with E-state index in [1.807, 2.05) is 36.7 Å². The highest BCUT2D eigenvalue weighted by Gasteiger charge is 2.36. The van der Waals surface area contributed by atoms with Crippen molar-refractivity contribution >= 4 is 27.4 Å². The summed E-state index contributed by atoms with van der Waals surface area (Å²) in [4.78, 5) is 9.77. The van der Waals surface area contributed by atoms with Crippen LogP contribution in [0.3, 0.4) is 0 Å². The average molecular weight is 475 g/mol. The van der Waals surface area contributed by atoms with Crippen LogP contribution < -0.4 is 11.1 Å². The van der Waals surface area contributed by atoms with Gasteiger partial charge in [0.25, 0.3) is 0 Å². The smallest absolute Gasteiger partial charge is 0.165 e. The SMILES string of the molecule is Nc1c(Br)c(C2CC3CCC(C2)N3)nc2c(-c3ccc(-c4ccccc4)nc3)cnn12. The Hall–Kier alpha value is -2.77. The molecule has 3 aromatic heterocycles. The first kappa shape index (κ1) is 19.0. The molecule has 0 spiro atoms. The fourth-order valence-corrected chi connectivity index (χ4v) is 5.68. The van der Waals surface area contributed by atoms with Crippen molar-refractivity contribution in [3.8, 4) is 22.4 Å². The van der Waals surface area contributed by atoms with Gasteiger partial charge in [-0.1, -0.05) is 36.4 Å². The molecule has 2 saturated heterocycles. The number of nitrogen functional groups attached to an aromatic ring is 1. The highest BCUT2D eigenvalue weighted by atomic mass is 79.9. The summed E-state index contributed by atoms with van der Waals surface area (Å²) >= 11 is 3.72. The molecule has 5 heterocycles. The molecule has 6 rings (SSSR count). The lowest BCUT2D eigenvalue weighted by molar-refractivity contribution is 0.358. The third-order valence-electron chi connectivity index (χ3n) is 6.65. The predicted octanol–water partition coefficient (Wildman–Crippen LogP) is 4.80. The fourth-order valence-electron chi connectivity index (χ4n) is 5.10. The van der Waals surface area contributed by atoms with Crippen molar-refractivity contribution in [1.82, 2.24) is 24.9 Å². The zero-order valence-electron chi connectivity index (χ0n) is 17.0. The number of benzene rings is 1. The van der Waals surface area contributed by atoms with Crippen LogP contribution in [-0.2, 0) is 0 Å². The standard InChI is InChI=1S/C24H23BrN6/c25-21-22(16-10-17-7-8-18(11-16)29-17)30-24-19(13-28-31(24)23(21)26)15-6-9-20(27-12-15)14-4-2-1-3-5-14/h1-6,9,12-13,16-18,29H,7-8,10-11,26H2. The number of rotatable bonds is 3. The second kappa shape index (κ2) is 7.43. The quantitative estimate of drug-likeness (QED) is 0.445. The maximum atomic E-state index is 6.48. The van der Waals surface area contributed by atoms with Crippen molar-refractivity contribution in [1.29, 1.82) is 0 Å². The molecule has 2 fully saturated rings. The van der Waals surface area contributed by atoms with Crippen LogP contribution in [0.5, 0.6) is 0 Å². The largest absolute Gasteiger partial charge is 0.383 e. The van der Waals surface area contributed by atoms with Gasteiger partial charge < -0.3 is 11.1 Å². The van der Waals surface area contributed by atoms with E-state index in [1.54, 1.807) is 4.52 Å². The van der Waals surface area contributed by atoms with E-state index in [4.69, 9.17) is 10.7 Å². The van der Waals surface area contributed by atoms with Crippen molar-refractivity contribution in [2.75, 3.05) is 5.73 Å². The molecule has 31 heavy (non-hydrogen) atoms. The summed E-state index contributed by atoms with van der Waals surface area (Å²) in [6.45, 7) is 0. The van der Waals surface area contributed by atoms with Gasteiger partial charge in [-0.05, 0) is 47.7 Å². The Labute approximate surface area is 189 Å². The van der Waals surface area contributed by atoms with Gasteiger partial charge in [0.2, 0.25) is 0 Å². The van der Waals surface area contributed by atoms with Crippen LogP contribution in [0.1, 0.15) is 37.3 Å². The van der Waals surface area contributed by atoms with Crippen molar-refractivity contribution in [2.45, 2.75) is 43.7 Å². The number of nitrogens with one attached hydrogen (secondary N) is 1. The minimum Gasteiger partial charge on any atom is -0.383 e. The molecule has 2 aliphatic heterocycles. The molecule has 156 valence electrons. The molecule has 2 bridgehead atoms. The van der Waals surface area contributed by atoms with Gasteiger partial charge in [0.05, 0.1) is 22.1 Å². The molecule has 4 aromatic rings. The van der Waals surface area contributed by atoms with Gasteiger partial charge in [-0.25, -0.2) is 4.98 Å². The summed E-state index contributed by atoms with van der Waals surface area (Å²) in [6.07, 6.45) is 8.45. The van der Waals surface area contributed by atoms with E-state index in [1.165, 1.54) is 12.8 Å². The number of halogens is 1. The third-order valence-corrected chi connectivity index (χ3v) is 7.46. The maximum Gasteiger partial charge on any atom is 0.165 e. The molecule has 3 N–H and O–H groups in total. The number of anilines is 1. The van der Waals surface area contributed by atoms with E-state index in [2.05, 4.69) is 49.5 Å². The molecule has 0 radical (unpaired) electrons. The predicted molar refractivity (Wildman–Crippen MR) is 126 cm³/mol. The molecule has 0 saturated carbocycles. The van der Waals surface area contributed by atoms with Crippen LogP contribution in [0.25, 0.3) is 28.0 Å². The van der Waals surface area contributed by atoms with Crippen LogP contribution in [0.4, 0.5) is 5.82 Å². The Morgan fingerprint density at radius 1 is 0.968 bits per heavy atom. The van der Waals surface area contributed by atoms with Crippen LogP contribution in [-0.4, -0.2) is 31.7 Å².